The summed E-state index contributed by atoms with van der Waals surface area (Å²) in [4.78, 5) is 0. The molecule has 154 valence electrons. The number of hydrogen-bond acceptors (Lipinski definition) is 4. The van der Waals surface area contributed by atoms with Crippen LogP contribution >= 0.6 is 7.82 Å². The van der Waals surface area contributed by atoms with E-state index in [1.807, 2.05) is 50.2 Å². The number of phosphoric acid groups is 1. The van der Waals surface area contributed by atoms with Gasteiger partial charge in [0.15, 0.2) is 0 Å². The minimum atomic E-state index is -3.82. The van der Waals surface area contributed by atoms with E-state index in [0.29, 0.717) is 24.0 Å². The Hall–Kier alpha value is -1.77. The topological polar surface area (TPSA) is 44.8 Å². The van der Waals surface area contributed by atoms with E-state index in [9.17, 15) is 4.57 Å². The molecular weight excluding hydrogens is 371 g/mol. The molecule has 5 heteroatoms. The summed E-state index contributed by atoms with van der Waals surface area (Å²) in [5.74, 6) is 1.45. The molecule has 0 heterocycles. The number of rotatable bonds is 9. The molecule has 0 amide bonds. The van der Waals surface area contributed by atoms with Crippen LogP contribution in [0.15, 0.2) is 48.5 Å². The van der Waals surface area contributed by atoms with Gasteiger partial charge < -0.3 is 9.05 Å². The van der Waals surface area contributed by atoms with Crippen LogP contribution in [0, 0.1) is 25.2 Å². The number of benzene rings is 2. The van der Waals surface area contributed by atoms with Gasteiger partial charge >= 0.3 is 7.82 Å². The summed E-state index contributed by atoms with van der Waals surface area (Å²) in [6, 6.07) is 14.8. The van der Waals surface area contributed by atoms with E-state index in [-0.39, 0.29) is 5.41 Å². The lowest BCUT2D eigenvalue weighted by atomic mass is 9.84. The van der Waals surface area contributed by atoms with E-state index in [4.69, 9.17) is 13.6 Å². The zero-order chi connectivity index (χ0) is 20.8. The minimum absolute atomic E-state index is 0.248. The smallest absolute Gasteiger partial charge is 0.395 e. The maximum atomic E-state index is 13.5. The highest BCUT2D eigenvalue weighted by molar-refractivity contribution is 7.49. The third kappa shape index (κ3) is 7.33. The van der Waals surface area contributed by atoms with E-state index in [1.54, 1.807) is 12.1 Å². The molecule has 2 aromatic rings. The van der Waals surface area contributed by atoms with Crippen molar-refractivity contribution in [3.8, 4) is 11.5 Å². The lowest BCUT2D eigenvalue weighted by molar-refractivity contribution is 0.186. The van der Waals surface area contributed by atoms with Gasteiger partial charge in [0, 0.05) is 0 Å². The molecule has 0 aliphatic heterocycles. The van der Waals surface area contributed by atoms with Crippen molar-refractivity contribution in [3.63, 3.8) is 0 Å². The van der Waals surface area contributed by atoms with Gasteiger partial charge in [0.25, 0.3) is 0 Å². The van der Waals surface area contributed by atoms with Gasteiger partial charge in [0.1, 0.15) is 11.5 Å². The molecule has 0 aromatic heterocycles. The second-order valence-corrected chi connectivity index (χ2v) is 10.2. The highest BCUT2D eigenvalue weighted by Crippen LogP contribution is 2.51. The van der Waals surface area contributed by atoms with Crippen LogP contribution in [-0.2, 0) is 9.09 Å². The molecule has 0 bridgehead atoms. The van der Waals surface area contributed by atoms with E-state index >= 15 is 0 Å². The van der Waals surface area contributed by atoms with Crippen molar-refractivity contribution in [3.05, 3.63) is 59.7 Å². The summed E-state index contributed by atoms with van der Waals surface area (Å²) in [6.45, 7) is 13.0. The average molecular weight is 404 g/mol. The molecule has 0 radical (unpaired) electrons. The van der Waals surface area contributed by atoms with Crippen LogP contribution in [0.25, 0.3) is 0 Å². The van der Waals surface area contributed by atoms with Gasteiger partial charge in [0.05, 0.1) is 6.61 Å². The molecule has 2 aromatic carbocycles. The Bertz CT molecular complexity index is 759. The number of hydrogen-bond donors (Lipinski definition) is 0. The van der Waals surface area contributed by atoms with Gasteiger partial charge in [0.2, 0.25) is 0 Å². The summed E-state index contributed by atoms with van der Waals surface area (Å²) >= 11 is 0. The Labute approximate surface area is 169 Å². The third-order valence-electron chi connectivity index (χ3n) is 4.43. The zero-order valence-electron chi connectivity index (χ0n) is 17.9. The summed E-state index contributed by atoms with van der Waals surface area (Å²) in [7, 11) is -3.82. The molecule has 28 heavy (non-hydrogen) atoms. The highest BCUT2D eigenvalue weighted by atomic mass is 31.2. The van der Waals surface area contributed by atoms with E-state index in [0.717, 1.165) is 24.0 Å². The Morgan fingerprint density at radius 3 is 1.79 bits per heavy atom. The second-order valence-electron chi connectivity index (χ2n) is 8.65. The van der Waals surface area contributed by atoms with Crippen LogP contribution < -0.4 is 9.05 Å². The van der Waals surface area contributed by atoms with Crippen molar-refractivity contribution in [2.45, 2.75) is 54.4 Å². The maximum absolute atomic E-state index is 13.5. The number of aryl methyl sites for hydroxylation is 2. The van der Waals surface area contributed by atoms with E-state index < -0.39 is 7.82 Å². The minimum Gasteiger partial charge on any atom is -0.395 e. The largest absolute Gasteiger partial charge is 0.587 e. The summed E-state index contributed by atoms with van der Waals surface area (Å²) in [5.41, 5.74) is 2.00. The molecule has 0 aliphatic carbocycles. The molecule has 0 fully saturated rings. The van der Waals surface area contributed by atoms with Gasteiger partial charge in [-0.1, -0.05) is 64.1 Å². The van der Waals surface area contributed by atoms with Crippen molar-refractivity contribution < 1.29 is 18.1 Å². The van der Waals surface area contributed by atoms with Crippen molar-refractivity contribution in [1.29, 1.82) is 0 Å². The Morgan fingerprint density at radius 2 is 1.36 bits per heavy atom. The van der Waals surface area contributed by atoms with E-state index in [2.05, 4.69) is 27.7 Å². The fourth-order valence-corrected chi connectivity index (χ4v) is 4.51. The first kappa shape index (κ1) is 22.5. The number of para-hydroxylation sites is 2. The molecule has 2 rings (SSSR count). The monoisotopic (exact) mass is 404 g/mol. The lowest BCUT2D eigenvalue weighted by Crippen LogP contribution is -2.13. The fourth-order valence-electron chi connectivity index (χ4n) is 3.14. The van der Waals surface area contributed by atoms with Crippen LogP contribution in [-0.4, -0.2) is 6.61 Å². The molecule has 4 nitrogen and oxygen atoms in total. The molecule has 1 unspecified atom stereocenters. The predicted molar refractivity (Wildman–Crippen MR) is 115 cm³/mol. The van der Waals surface area contributed by atoms with Crippen molar-refractivity contribution in [2.24, 2.45) is 11.3 Å². The summed E-state index contributed by atoms with van der Waals surface area (Å²) in [5, 5.41) is 0. The van der Waals surface area contributed by atoms with Crippen molar-refractivity contribution in [2.75, 3.05) is 6.61 Å². The second kappa shape index (κ2) is 9.62. The SMILES string of the molecule is Cc1ccccc1OP(=O)(OCCC(C)CC(C)(C)C)Oc1ccccc1C. The van der Waals surface area contributed by atoms with Crippen LogP contribution in [0.1, 0.15) is 51.7 Å². The van der Waals surface area contributed by atoms with Crippen LogP contribution in [0.2, 0.25) is 0 Å². The maximum Gasteiger partial charge on any atom is 0.587 e. The summed E-state index contributed by atoms with van der Waals surface area (Å²) in [6.07, 6.45) is 1.85. The zero-order valence-corrected chi connectivity index (χ0v) is 18.8. The van der Waals surface area contributed by atoms with Gasteiger partial charge in [-0.25, -0.2) is 4.57 Å². The fraction of sp³-hybridized carbons (Fsp3) is 0.478. The first-order valence-electron chi connectivity index (χ1n) is 9.83. The Kier molecular flexibility index (Phi) is 7.74. The Morgan fingerprint density at radius 1 is 0.893 bits per heavy atom. The van der Waals surface area contributed by atoms with Gasteiger partial charge in [-0.15, -0.1) is 0 Å². The van der Waals surface area contributed by atoms with Crippen molar-refractivity contribution >= 4 is 7.82 Å². The van der Waals surface area contributed by atoms with E-state index in [1.165, 1.54) is 0 Å². The quantitative estimate of drug-likeness (QED) is 0.410. The molecule has 0 N–H and O–H groups in total. The van der Waals surface area contributed by atoms with Gasteiger partial charge in [-0.3, -0.25) is 4.52 Å². The first-order valence-corrected chi connectivity index (χ1v) is 11.3. The lowest BCUT2D eigenvalue weighted by Gasteiger charge is -2.24. The Balaban J connectivity index is 2.13. The molecule has 0 spiro atoms. The molecule has 0 saturated heterocycles. The van der Waals surface area contributed by atoms with Crippen molar-refractivity contribution in [1.82, 2.24) is 0 Å². The molecule has 0 aliphatic rings. The molecule has 1 atom stereocenters. The first-order chi connectivity index (χ1) is 13.1. The standard InChI is InChI=1S/C23H33O4P/c1-18(17-23(4,5)6)15-16-25-28(24,26-21-13-9-7-11-19(21)2)27-22-14-10-8-12-20(22)3/h7-14,18H,15-17H2,1-6H3. The van der Waals surface area contributed by atoms with Crippen LogP contribution in [0.4, 0.5) is 0 Å². The predicted octanol–water partition coefficient (Wildman–Crippen LogP) is 7.35. The normalized spacial score (nSPS) is 13.2. The third-order valence-corrected chi connectivity index (χ3v) is 5.77. The summed E-state index contributed by atoms with van der Waals surface area (Å²) < 4.78 is 30.8. The van der Waals surface area contributed by atoms with Gasteiger partial charge in [-0.05, 0) is 61.3 Å². The molecular formula is C23H33O4P. The van der Waals surface area contributed by atoms with Crippen LogP contribution in [0.5, 0.6) is 11.5 Å². The highest BCUT2D eigenvalue weighted by Gasteiger charge is 2.32. The van der Waals surface area contributed by atoms with Crippen LogP contribution in [0.3, 0.4) is 0 Å². The number of phosphoric ester groups is 1. The van der Waals surface area contributed by atoms with Gasteiger partial charge in [-0.2, -0.15) is 0 Å². The average Bonchev–Trinajstić information content (AvgIpc) is 2.57. The molecule has 0 saturated carbocycles.